The zero-order chi connectivity index (χ0) is 17.8. The van der Waals surface area contributed by atoms with Crippen LogP contribution in [0, 0.1) is 13.8 Å². The van der Waals surface area contributed by atoms with E-state index >= 15 is 0 Å². The van der Waals surface area contributed by atoms with Crippen LogP contribution < -0.4 is 0 Å². The van der Waals surface area contributed by atoms with Crippen molar-refractivity contribution < 1.29 is 20.8 Å². The zero-order valence-corrected chi connectivity index (χ0v) is 18.4. The minimum absolute atomic E-state index is 0.826. The Hall–Kier alpha value is -0.877. The summed E-state index contributed by atoms with van der Waals surface area (Å²) in [5.74, 6) is 0. The Morgan fingerprint density at radius 1 is 0.720 bits per heavy atom. The molecule has 3 heteroatoms. The molecule has 0 aliphatic carbocycles. The molecule has 0 N–H and O–H groups in total. The number of halogens is 2. The van der Waals surface area contributed by atoms with Crippen LogP contribution in [-0.4, -0.2) is 0 Å². The van der Waals surface area contributed by atoms with Crippen molar-refractivity contribution in [3.05, 3.63) is 82.9 Å². The van der Waals surface area contributed by atoms with Crippen LogP contribution >= 0.6 is 17.0 Å². The van der Waals surface area contributed by atoms with E-state index in [9.17, 15) is 0 Å². The van der Waals surface area contributed by atoms with E-state index in [1.54, 1.807) is 0 Å². The Labute approximate surface area is 168 Å². The van der Waals surface area contributed by atoms with E-state index in [0.717, 1.165) is 12.8 Å². The van der Waals surface area contributed by atoms with Gasteiger partial charge in [-0.2, -0.15) is 11.1 Å². The maximum atomic E-state index is 4.93. The number of hydrogen-bond donors (Lipinski definition) is 0. The minimum atomic E-state index is -0.826. The summed E-state index contributed by atoms with van der Waals surface area (Å²) < 4.78 is 0. The average Bonchev–Trinajstić information content (AvgIpc) is 3.09. The summed E-state index contributed by atoms with van der Waals surface area (Å²) in [5.41, 5.74) is 5.88. The van der Waals surface area contributed by atoms with Crippen LogP contribution in [0.1, 0.15) is 22.3 Å². The van der Waals surface area contributed by atoms with Gasteiger partial charge in [0.2, 0.25) is 0 Å². The normalized spacial score (nSPS) is 10.6. The van der Waals surface area contributed by atoms with Gasteiger partial charge in [-0.25, -0.2) is 0 Å². The summed E-state index contributed by atoms with van der Waals surface area (Å²) in [5, 5.41) is 5.60. The van der Waals surface area contributed by atoms with Crippen LogP contribution in [0.25, 0.3) is 21.5 Å². The molecule has 126 valence electrons. The van der Waals surface area contributed by atoms with Crippen molar-refractivity contribution >= 4 is 38.6 Å². The van der Waals surface area contributed by atoms with E-state index in [1.165, 1.54) is 43.8 Å². The molecule has 25 heavy (non-hydrogen) atoms. The number of aryl methyl sites for hydroxylation is 4. The summed E-state index contributed by atoms with van der Waals surface area (Å²) in [6.45, 7) is 4.48. The van der Waals surface area contributed by atoms with Gasteiger partial charge in [-0.1, -0.05) is 38.8 Å². The van der Waals surface area contributed by atoms with E-state index < -0.39 is 20.8 Å². The Kier molecular flexibility index (Phi) is 6.56. The molecule has 0 saturated carbocycles. The summed E-state index contributed by atoms with van der Waals surface area (Å²) in [7, 11) is 9.87. The predicted molar refractivity (Wildman–Crippen MR) is 108 cm³/mol. The van der Waals surface area contributed by atoms with E-state index in [4.69, 9.17) is 17.0 Å². The first-order valence-corrected chi connectivity index (χ1v) is 14.7. The standard InChI is InChI=1S/C22H20.2ClH.Zr/c1-15-13-17-7-3-5-9-21(17)19(15)11-12-20-16(2)14-18-8-4-6-10-22(18)20;;;/h3-10,13-14H,11-12H2,1-2H3;2*1H;/q-2;;;+4/p-2. The van der Waals surface area contributed by atoms with Gasteiger partial charge in [-0.15, -0.1) is 81.2 Å². The molecule has 4 aromatic carbocycles. The van der Waals surface area contributed by atoms with Crippen LogP contribution in [0.2, 0.25) is 0 Å². The quantitative estimate of drug-likeness (QED) is 0.292. The fourth-order valence-corrected chi connectivity index (χ4v) is 3.77. The zero-order valence-electron chi connectivity index (χ0n) is 14.4. The van der Waals surface area contributed by atoms with E-state index in [2.05, 4.69) is 74.5 Å². The van der Waals surface area contributed by atoms with Crippen LogP contribution in [0.15, 0.2) is 60.7 Å². The van der Waals surface area contributed by atoms with Gasteiger partial charge in [-0.3, -0.25) is 0 Å². The van der Waals surface area contributed by atoms with Gasteiger partial charge in [0.15, 0.2) is 0 Å². The third-order valence-corrected chi connectivity index (χ3v) is 4.89. The molecule has 0 aliphatic rings. The van der Waals surface area contributed by atoms with Crippen LogP contribution in [0.3, 0.4) is 0 Å². The van der Waals surface area contributed by atoms with Crippen molar-refractivity contribution in [2.75, 3.05) is 0 Å². The third kappa shape index (κ3) is 4.11. The fraction of sp³-hybridized carbons (Fsp3) is 0.182. The van der Waals surface area contributed by atoms with Gasteiger partial charge in [0.1, 0.15) is 0 Å². The van der Waals surface area contributed by atoms with Gasteiger partial charge in [0.05, 0.1) is 0 Å². The molecule has 4 aromatic rings. The first-order chi connectivity index (χ1) is 12.2. The van der Waals surface area contributed by atoms with Crippen LogP contribution in [0.5, 0.6) is 0 Å². The maximum absolute atomic E-state index is 4.93. The van der Waals surface area contributed by atoms with Gasteiger partial charge in [0, 0.05) is 0 Å². The number of fused-ring (bicyclic) bond motifs is 2. The summed E-state index contributed by atoms with van der Waals surface area (Å²) in [6, 6.07) is 22.1. The number of hydrogen-bond acceptors (Lipinski definition) is 0. The molecule has 0 aliphatic heterocycles. The molecule has 0 unspecified atom stereocenters. The van der Waals surface area contributed by atoms with Gasteiger partial charge in [-0.05, 0) is 0 Å². The molecule has 0 heterocycles. The topological polar surface area (TPSA) is 0 Å². The summed E-state index contributed by atoms with van der Waals surface area (Å²) in [6.07, 6.45) is 2.24. The number of rotatable bonds is 3. The van der Waals surface area contributed by atoms with Crippen molar-refractivity contribution in [3.8, 4) is 0 Å². The molecule has 0 nitrogen and oxygen atoms in total. The second-order valence-electron chi connectivity index (χ2n) is 6.36. The molecule has 0 aromatic heterocycles. The second kappa shape index (κ2) is 8.67. The SMILES string of the molecule is Cc1[cH-]c2ccccc2c1CCc1c(C)[cH-]c2ccccc12.[Cl][Zr+2][Cl]. The molecule has 0 radical (unpaired) electrons. The molecular formula is C22H20Cl2Zr. The van der Waals surface area contributed by atoms with E-state index in [0.29, 0.717) is 0 Å². The van der Waals surface area contributed by atoms with E-state index in [1.807, 2.05) is 0 Å². The Morgan fingerprint density at radius 2 is 1.08 bits per heavy atom. The predicted octanol–water partition coefficient (Wildman–Crippen LogP) is 7.21. The van der Waals surface area contributed by atoms with Gasteiger partial charge < -0.3 is 0 Å². The molecule has 0 bridgehead atoms. The van der Waals surface area contributed by atoms with Crippen LogP contribution in [0.4, 0.5) is 0 Å². The molecule has 4 rings (SSSR count). The van der Waals surface area contributed by atoms with Gasteiger partial charge in [0.25, 0.3) is 0 Å². The first kappa shape index (κ1) is 18.9. The second-order valence-corrected chi connectivity index (χ2v) is 10.1. The molecule has 0 fully saturated rings. The molecular weight excluding hydrogens is 426 g/mol. The average molecular weight is 447 g/mol. The van der Waals surface area contributed by atoms with Crippen molar-refractivity contribution in [1.82, 2.24) is 0 Å². The summed E-state index contributed by atoms with van der Waals surface area (Å²) >= 11 is -0.826. The fourth-order valence-electron chi connectivity index (χ4n) is 3.77. The Morgan fingerprint density at radius 3 is 1.48 bits per heavy atom. The van der Waals surface area contributed by atoms with Crippen molar-refractivity contribution in [1.29, 1.82) is 0 Å². The molecule has 0 saturated heterocycles. The van der Waals surface area contributed by atoms with Crippen molar-refractivity contribution in [2.45, 2.75) is 26.7 Å². The number of benzene rings is 2. The molecule has 0 spiro atoms. The monoisotopic (exact) mass is 444 g/mol. The van der Waals surface area contributed by atoms with Crippen molar-refractivity contribution in [2.24, 2.45) is 0 Å². The molecule has 0 atom stereocenters. The van der Waals surface area contributed by atoms with Gasteiger partial charge >= 0.3 is 37.9 Å². The Bertz CT molecular complexity index is 898. The Balaban J connectivity index is 0.000000569. The first-order valence-electron chi connectivity index (χ1n) is 8.39. The molecule has 0 amide bonds. The summed E-state index contributed by atoms with van der Waals surface area (Å²) in [4.78, 5) is 0. The third-order valence-electron chi connectivity index (χ3n) is 4.89. The van der Waals surface area contributed by atoms with E-state index in [-0.39, 0.29) is 0 Å². The van der Waals surface area contributed by atoms with Crippen molar-refractivity contribution in [3.63, 3.8) is 0 Å². The van der Waals surface area contributed by atoms with Crippen LogP contribution in [-0.2, 0) is 33.7 Å².